The third kappa shape index (κ3) is 5.14. The van der Waals surface area contributed by atoms with E-state index in [2.05, 4.69) is 15.3 Å². The first-order valence-corrected chi connectivity index (χ1v) is 7.57. The third-order valence-electron chi connectivity index (χ3n) is 3.15. The lowest BCUT2D eigenvalue weighted by atomic mass is 10.1. The lowest BCUT2D eigenvalue weighted by Crippen LogP contribution is -2.46. The van der Waals surface area contributed by atoms with Crippen molar-refractivity contribution in [2.45, 2.75) is 32.4 Å². The molecule has 1 unspecified atom stereocenters. The first-order valence-electron chi connectivity index (χ1n) is 7.57. The molecule has 0 aliphatic heterocycles. The maximum absolute atomic E-state index is 12.8. The molecular weight excluding hydrogens is 288 g/mol. The van der Waals surface area contributed by atoms with E-state index in [1.54, 1.807) is 12.4 Å². The standard InChI is InChI=1S/C18H23N4O/c1-18(2,3)21-17(23)16(15-10-6-8-12-20-15)22(4)13-14-9-5-7-11-19-14/h5-13,16H,1-4H3,(H,21,23). The summed E-state index contributed by atoms with van der Waals surface area (Å²) >= 11 is 0. The molecule has 0 aliphatic carbocycles. The molecular formula is C18H23N4O. The van der Waals surface area contributed by atoms with Crippen molar-refractivity contribution in [2.24, 2.45) is 0 Å². The number of hydrogen-bond donors (Lipinski definition) is 1. The van der Waals surface area contributed by atoms with Gasteiger partial charge in [-0.05, 0) is 52.1 Å². The van der Waals surface area contributed by atoms with Crippen molar-refractivity contribution in [3.63, 3.8) is 0 Å². The smallest absolute Gasteiger partial charge is 0.243 e. The van der Waals surface area contributed by atoms with Crippen LogP contribution < -0.4 is 5.32 Å². The summed E-state index contributed by atoms with van der Waals surface area (Å²) in [6.07, 6.45) is 3.42. The number of carbonyl (C=O) groups excluding carboxylic acids is 1. The van der Waals surface area contributed by atoms with Crippen LogP contribution in [0.15, 0.2) is 48.8 Å². The van der Waals surface area contributed by atoms with E-state index in [-0.39, 0.29) is 11.4 Å². The number of nitrogens with zero attached hydrogens (tertiary/aromatic N) is 3. The number of pyridine rings is 2. The van der Waals surface area contributed by atoms with E-state index in [1.807, 2.05) is 75.7 Å². The van der Waals surface area contributed by atoms with Crippen molar-refractivity contribution in [1.82, 2.24) is 20.2 Å². The second-order valence-corrected chi connectivity index (χ2v) is 6.45. The van der Waals surface area contributed by atoms with Crippen LogP contribution in [0, 0.1) is 6.54 Å². The molecule has 1 radical (unpaired) electrons. The van der Waals surface area contributed by atoms with Crippen LogP contribution in [-0.4, -0.2) is 33.4 Å². The van der Waals surface area contributed by atoms with Gasteiger partial charge in [-0.3, -0.25) is 19.7 Å². The Morgan fingerprint density at radius 2 is 1.78 bits per heavy atom. The van der Waals surface area contributed by atoms with Gasteiger partial charge in [-0.2, -0.15) is 0 Å². The molecule has 5 heteroatoms. The number of rotatable bonds is 5. The summed E-state index contributed by atoms with van der Waals surface area (Å²) in [6, 6.07) is 10.7. The van der Waals surface area contributed by atoms with Gasteiger partial charge in [0.2, 0.25) is 5.91 Å². The Hall–Kier alpha value is -2.27. The quantitative estimate of drug-likeness (QED) is 0.922. The van der Waals surface area contributed by atoms with E-state index < -0.39 is 6.04 Å². The van der Waals surface area contributed by atoms with Crippen molar-refractivity contribution in [1.29, 1.82) is 0 Å². The molecule has 1 atom stereocenters. The fraction of sp³-hybridized carbons (Fsp3) is 0.333. The minimum absolute atomic E-state index is 0.0918. The Labute approximate surface area is 137 Å². The van der Waals surface area contributed by atoms with Crippen LogP contribution in [0.4, 0.5) is 0 Å². The van der Waals surface area contributed by atoms with Crippen LogP contribution in [0.3, 0.4) is 0 Å². The average molecular weight is 311 g/mol. The van der Waals surface area contributed by atoms with Crippen molar-refractivity contribution >= 4 is 5.91 Å². The fourth-order valence-electron chi connectivity index (χ4n) is 2.24. The number of carbonyl (C=O) groups is 1. The maximum Gasteiger partial charge on any atom is 0.243 e. The average Bonchev–Trinajstić information content (AvgIpc) is 2.47. The zero-order valence-corrected chi connectivity index (χ0v) is 14.0. The number of nitrogens with one attached hydrogen (secondary N) is 1. The SMILES string of the molecule is CN([CH]c1ccccn1)C(C(=O)NC(C)(C)C)c1ccccn1. The number of hydrogen-bond acceptors (Lipinski definition) is 4. The van der Waals surface area contributed by atoms with Crippen LogP contribution in [0.1, 0.15) is 38.2 Å². The van der Waals surface area contributed by atoms with Gasteiger partial charge < -0.3 is 5.32 Å². The Bertz CT molecular complexity index is 622. The normalized spacial score (nSPS) is 12.9. The number of aromatic nitrogens is 2. The Morgan fingerprint density at radius 3 is 2.30 bits per heavy atom. The third-order valence-corrected chi connectivity index (χ3v) is 3.15. The molecule has 0 bridgehead atoms. The van der Waals surface area contributed by atoms with Gasteiger partial charge in [0.1, 0.15) is 6.04 Å². The second-order valence-electron chi connectivity index (χ2n) is 6.45. The van der Waals surface area contributed by atoms with Gasteiger partial charge in [0.05, 0.1) is 17.9 Å². The molecule has 2 heterocycles. The topological polar surface area (TPSA) is 58.1 Å². The van der Waals surface area contributed by atoms with Crippen molar-refractivity contribution in [3.8, 4) is 0 Å². The minimum Gasteiger partial charge on any atom is -0.350 e. The van der Waals surface area contributed by atoms with Gasteiger partial charge in [0.25, 0.3) is 0 Å². The van der Waals surface area contributed by atoms with E-state index in [0.29, 0.717) is 5.69 Å². The first kappa shape index (κ1) is 17.1. The second kappa shape index (κ2) is 7.33. The van der Waals surface area contributed by atoms with Crippen molar-refractivity contribution in [3.05, 3.63) is 66.7 Å². The van der Waals surface area contributed by atoms with E-state index in [4.69, 9.17) is 0 Å². The van der Waals surface area contributed by atoms with Crippen LogP contribution >= 0.6 is 0 Å². The molecule has 5 nitrogen and oxygen atoms in total. The highest BCUT2D eigenvalue weighted by Gasteiger charge is 2.29. The minimum atomic E-state index is -0.516. The molecule has 0 spiro atoms. The molecule has 23 heavy (non-hydrogen) atoms. The zero-order chi connectivity index (χ0) is 16.9. The molecule has 121 valence electrons. The Morgan fingerprint density at radius 1 is 1.13 bits per heavy atom. The summed E-state index contributed by atoms with van der Waals surface area (Å²) in [5.74, 6) is -0.0918. The van der Waals surface area contributed by atoms with Crippen molar-refractivity contribution in [2.75, 3.05) is 7.05 Å². The summed E-state index contributed by atoms with van der Waals surface area (Å²) in [7, 11) is 1.86. The first-order chi connectivity index (χ1) is 10.9. The zero-order valence-electron chi connectivity index (χ0n) is 14.0. The largest absolute Gasteiger partial charge is 0.350 e. The van der Waals surface area contributed by atoms with Gasteiger partial charge in [-0.1, -0.05) is 12.1 Å². The lowest BCUT2D eigenvalue weighted by Gasteiger charge is -2.30. The molecule has 0 fully saturated rings. The molecule has 0 saturated carbocycles. The van der Waals surface area contributed by atoms with Crippen LogP contribution in [0.25, 0.3) is 0 Å². The molecule has 0 aliphatic rings. The molecule has 0 aromatic carbocycles. The highest BCUT2D eigenvalue weighted by atomic mass is 16.2. The number of likely N-dealkylation sites (N-methyl/N-ethyl adjacent to an activating group) is 1. The highest BCUT2D eigenvalue weighted by Crippen LogP contribution is 2.21. The predicted octanol–water partition coefficient (Wildman–Crippen LogP) is 2.57. The summed E-state index contributed by atoms with van der Waals surface area (Å²) in [5.41, 5.74) is 1.18. The van der Waals surface area contributed by atoms with Crippen molar-refractivity contribution < 1.29 is 4.79 Å². The lowest BCUT2D eigenvalue weighted by molar-refractivity contribution is -0.127. The van der Waals surface area contributed by atoms with Crippen LogP contribution in [-0.2, 0) is 4.79 Å². The molecule has 1 amide bonds. The predicted molar refractivity (Wildman–Crippen MR) is 90.3 cm³/mol. The molecule has 0 saturated heterocycles. The highest BCUT2D eigenvalue weighted by molar-refractivity contribution is 5.83. The fourth-order valence-corrected chi connectivity index (χ4v) is 2.24. The molecule has 1 N–H and O–H groups in total. The molecule has 2 aromatic rings. The Balaban J connectivity index is 2.24. The molecule has 2 aromatic heterocycles. The number of amides is 1. The monoisotopic (exact) mass is 311 g/mol. The molecule has 2 rings (SSSR count). The van der Waals surface area contributed by atoms with Gasteiger partial charge >= 0.3 is 0 Å². The maximum atomic E-state index is 12.8. The van der Waals surface area contributed by atoms with E-state index in [1.165, 1.54) is 0 Å². The van der Waals surface area contributed by atoms with E-state index in [0.717, 1.165) is 5.69 Å². The summed E-state index contributed by atoms with van der Waals surface area (Å²) in [6.45, 7) is 7.73. The Kier molecular flexibility index (Phi) is 5.45. The van der Waals surface area contributed by atoms with Gasteiger partial charge in [0, 0.05) is 17.9 Å². The summed E-state index contributed by atoms with van der Waals surface area (Å²) in [5, 5.41) is 3.02. The van der Waals surface area contributed by atoms with E-state index in [9.17, 15) is 4.79 Å². The summed E-state index contributed by atoms with van der Waals surface area (Å²) in [4.78, 5) is 23.2. The van der Waals surface area contributed by atoms with Crippen LogP contribution in [0.2, 0.25) is 0 Å². The van der Waals surface area contributed by atoms with Crippen LogP contribution in [0.5, 0.6) is 0 Å². The van der Waals surface area contributed by atoms with Gasteiger partial charge in [-0.15, -0.1) is 0 Å². The van der Waals surface area contributed by atoms with E-state index >= 15 is 0 Å². The summed E-state index contributed by atoms with van der Waals surface area (Å²) < 4.78 is 0. The van der Waals surface area contributed by atoms with Gasteiger partial charge in [-0.25, -0.2) is 0 Å². The van der Waals surface area contributed by atoms with Gasteiger partial charge in [0.15, 0.2) is 0 Å².